The molecule has 1 aliphatic rings. The number of hydrogen-bond acceptors (Lipinski definition) is 2. The van der Waals surface area contributed by atoms with E-state index in [0.717, 1.165) is 4.32 Å². The first kappa shape index (κ1) is 10.9. The molecule has 0 N–H and O–H groups in total. The van der Waals surface area contributed by atoms with Crippen molar-refractivity contribution in [2.45, 2.75) is 10.7 Å². The average Bonchev–Trinajstić information content (AvgIpc) is 2.30. The number of thioether (sulfide) groups is 2. The van der Waals surface area contributed by atoms with E-state index < -0.39 is 0 Å². The molecule has 1 fully saturated rings. The monoisotopic (exact) mass is 242 g/mol. The summed E-state index contributed by atoms with van der Waals surface area (Å²) in [6.45, 7) is 2.42. The molecule has 1 heterocycles. The second kappa shape index (κ2) is 5.44. The van der Waals surface area contributed by atoms with Gasteiger partial charge in [-0.2, -0.15) is 0 Å². The maximum atomic E-state index is 2.42. The van der Waals surface area contributed by atoms with Gasteiger partial charge in [0.15, 0.2) is 0 Å². The summed E-state index contributed by atoms with van der Waals surface area (Å²) in [5.74, 6) is 2.72. The third-order valence-corrected chi connectivity index (χ3v) is 9.26. The normalized spacial score (nSPS) is 20.6. The zero-order valence-corrected chi connectivity index (χ0v) is 10.9. The van der Waals surface area contributed by atoms with E-state index in [2.05, 4.69) is 60.5 Å². The zero-order valence-electron chi connectivity index (χ0n) is 8.35. The highest BCUT2D eigenvalue weighted by Crippen LogP contribution is 2.51. The summed E-state index contributed by atoms with van der Waals surface area (Å²) in [4.78, 5) is 0. The van der Waals surface area contributed by atoms with E-state index in [9.17, 15) is 0 Å². The van der Waals surface area contributed by atoms with Gasteiger partial charge in [-0.15, -0.1) is 23.5 Å². The molecule has 0 aliphatic carbocycles. The molecule has 14 heavy (non-hydrogen) atoms. The van der Waals surface area contributed by atoms with Crippen molar-refractivity contribution in [1.29, 1.82) is 0 Å². The molecular weight excluding hydrogens is 227 g/mol. The van der Waals surface area contributed by atoms with E-state index in [4.69, 9.17) is 0 Å². The predicted molar refractivity (Wildman–Crippen MR) is 72.2 cm³/mol. The molecule has 0 spiro atoms. The van der Waals surface area contributed by atoms with Crippen LogP contribution in [-0.4, -0.2) is 22.5 Å². The van der Waals surface area contributed by atoms with Gasteiger partial charge in [0.05, 0.1) is 4.32 Å². The van der Waals surface area contributed by atoms with E-state index in [1.165, 1.54) is 17.9 Å². The lowest BCUT2D eigenvalue weighted by Gasteiger charge is -2.27. The van der Waals surface area contributed by atoms with Gasteiger partial charge in [-0.05, 0) is 29.9 Å². The largest absolute Gasteiger partial charge is 0.143 e. The van der Waals surface area contributed by atoms with Crippen molar-refractivity contribution in [1.82, 2.24) is 0 Å². The van der Waals surface area contributed by atoms with Crippen LogP contribution in [0.1, 0.15) is 6.42 Å². The van der Waals surface area contributed by atoms with Crippen LogP contribution in [0.5, 0.6) is 0 Å². The Hall–Kier alpha value is 0.350. The predicted octanol–water partition coefficient (Wildman–Crippen LogP) is 3.58. The van der Waals surface area contributed by atoms with E-state index >= 15 is 0 Å². The molecule has 1 aliphatic heterocycles. The Labute approximate surface area is 96.0 Å². The smallest absolute Gasteiger partial charge is 0.0734 e. The van der Waals surface area contributed by atoms with Gasteiger partial charge in [0, 0.05) is 0 Å². The Morgan fingerprint density at radius 2 is 1.79 bits per heavy atom. The second-order valence-corrected chi connectivity index (χ2v) is 9.03. The quantitative estimate of drug-likeness (QED) is 0.727. The number of hydrogen-bond donors (Lipinski definition) is 0. The minimum atomic E-state index is 0.0321. The molecule has 1 aromatic carbocycles. The maximum absolute atomic E-state index is 2.42. The van der Waals surface area contributed by atoms with Crippen LogP contribution in [0.4, 0.5) is 0 Å². The number of rotatable bonds is 2. The second-order valence-electron chi connectivity index (χ2n) is 3.35. The molecule has 0 radical (unpaired) electrons. The molecule has 0 bridgehead atoms. The van der Waals surface area contributed by atoms with Crippen LogP contribution in [0.3, 0.4) is 0 Å². The molecule has 3 heteroatoms. The Kier molecular flexibility index (Phi) is 4.22. The van der Waals surface area contributed by atoms with Gasteiger partial charge >= 0.3 is 0 Å². The highest BCUT2D eigenvalue weighted by atomic mass is 32.2. The summed E-state index contributed by atoms with van der Waals surface area (Å²) >= 11 is 4.32. The summed E-state index contributed by atoms with van der Waals surface area (Å²) < 4.78 is 0.834. The molecule has 0 nitrogen and oxygen atoms in total. The third kappa shape index (κ3) is 2.68. The van der Waals surface area contributed by atoms with Crippen molar-refractivity contribution in [3.63, 3.8) is 0 Å². The van der Waals surface area contributed by atoms with Gasteiger partial charge in [0.1, 0.15) is 0 Å². The molecule has 0 aromatic heterocycles. The third-order valence-electron chi connectivity index (χ3n) is 2.29. The van der Waals surface area contributed by atoms with Crippen LogP contribution in [0.2, 0.25) is 0 Å². The highest BCUT2D eigenvalue weighted by Gasteiger charge is 2.21. The summed E-state index contributed by atoms with van der Waals surface area (Å²) in [6, 6.07) is 11.0. The Balaban J connectivity index is 2.03. The minimum Gasteiger partial charge on any atom is -0.143 e. The SMILES string of the molecule is CP(c1ccccc1)C1SCCCS1. The first-order valence-corrected chi connectivity index (χ1v) is 8.84. The number of benzene rings is 1. The summed E-state index contributed by atoms with van der Waals surface area (Å²) in [7, 11) is 0.0321. The highest BCUT2D eigenvalue weighted by molar-refractivity contribution is 8.25. The van der Waals surface area contributed by atoms with Gasteiger partial charge in [0.25, 0.3) is 0 Å². The van der Waals surface area contributed by atoms with Gasteiger partial charge in [-0.1, -0.05) is 38.3 Å². The first-order valence-electron chi connectivity index (χ1n) is 4.89. The minimum absolute atomic E-state index is 0.0321. The summed E-state index contributed by atoms with van der Waals surface area (Å²) in [5, 5.41) is 1.55. The average molecular weight is 242 g/mol. The topological polar surface area (TPSA) is 0 Å². The van der Waals surface area contributed by atoms with Crippen molar-refractivity contribution in [2.75, 3.05) is 18.2 Å². The molecule has 0 saturated carbocycles. The first-order chi connectivity index (χ1) is 6.88. The van der Waals surface area contributed by atoms with Gasteiger partial charge in [-0.3, -0.25) is 0 Å². The van der Waals surface area contributed by atoms with Crippen LogP contribution >= 0.6 is 31.4 Å². The van der Waals surface area contributed by atoms with Crippen LogP contribution < -0.4 is 5.30 Å². The van der Waals surface area contributed by atoms with Crippen LogP contribution in [0.15, 0.2) is 30.3 Å². The van der Waals surface area contributed by atoms with Crippen molar-refractivity contribution in [3.05, 3.63) is 30.3 Å². The molecule has 1 unspecified atom stereocenters. The van der Waals surface area contributed by atoms with Gasteiger partial charge in [0.2, 0.25) is 0 Å². The summed E-state index contributed by atoms with van der Waals surface area (Å²) in [6.07, 6.45) is 1.39. The van der Waals surface area contributed by atoms with Crippen molar-refractivity contribution in [2.24, 2.45) is 0 Å². The molecule has 1 atom stereocenters. The van der Waals surface area contributed by atoms with Crippen LogP contribution in [0, 0.1) is 0 Å². The molecule has 0 amide bonds. The zero-order chi connectivity index (χ0) is 9.80. The molecule has 1 saturated heterocycles. The fraction of sp³-hybridized carbons (Fsp3) is 0.455. The van der Waals surface area contributed by atoms with Gasteiger partial charge < -0.3 is 0 Å². The Morgan fingerprint density at radius 1 is 1.14 bits per heavy atom. The molecular formula is C11H15PS2. The summed E-state index contributed by atoms with van der Waals surface area (Å²) in [5.41, 5.74) is 0. The van der Waals surface area contributed by atoms with Crippen LogP contribution in [0.25, 0.3) is 0 Å². The Morgan fingerprint density at radius 3 is 2.43 bits per heavy atom. The fourth-order valence-corrected chi connectivity index (χ4v) is 7.69. The van der Waals surface area contributed by atoms with E-state index in [1.807, 2.05) is 0 Å². The molecule has 76 valence electrons. The standard InChI is InChI=1S/C11H15PS2/c1-12(10-6-3-2-4-7-10)11-13-8-5-9-14-11/h2-4,6-7,11H,5,8-9H2,1H3. The van der Waals surface area contributed by atoms with Crippen molar-refractivity contribution >= 4 is 36.7 Å². The van der Waals surface area contributed by atoms with E-state index in [0.29, 0.717) is 0 Å². The molecule has 1 aromatic rings. The lowest BCUT2D eigenvalue weighted by molar-refractivity contribution is 1.12. The Bertz CT molecular complexity index is 270. The maximum Gasteiger partial charge on any atom is 0.0734 e. The lowest BCUT2D eigenvalue weighted by atomic mass is 10.4. The van der Waals surface area contributed by atoms with E-state index in [-0.39, 0.29) is 7.92 Å². The lowest BCUT2D eigenvalue weighted by Crippen LogP contribution is -2.11. The van der Waals surface area contributed by atoms with Crippen molar-refractivity contribution in [3.8, 4) is 0 Å². The van der Waals surface area contributed by atoms with E-state index in [1.54, 1.807) is 5.30 Å². The van der Waals surface area contributed by atoms with Crippen LogP contribution in [-0.2, 0) is 0 Å². The fourth-order valence-electron chi connectivity index (χ4n) is 1.48. The van der Waals surface area contributed by atoms with Crippen molar-refractivity contribution < 1.29 is 0 Å². The van der Waals surface area contributed by atoms with Gasteiger partial charge in [-0.25, -0.2) is 0 Å². The molecule has 2 rings (SSSR count).